The Kier molecular flexibility index (Phi) is 4.09. The molecule has 0 aliphatic carbocycles. The molecule has 1 unspecified atom stereocenters. The molecule has 0 N–H and O–H groups in total. The van der Waals surface area contributed by atoms with Crippen LogP contribution in [0.3, 0.4) is 0 Å². The van der Waals surface area contributed by atoms with Crippen molar-refractivity contribution in [2.75, 3.05) is 7.11 Å². The number of hydrogen-bond acceptors (Lipinski definition) is 1. The van der Waals surface area contributed by atoms with Crippen LogP contribution in [0.2, 0.25) is 0 Å². The van der Waals surface area contributed by atoms with Gasteiger partial charge in [0.25, 0.3) is 0 Å². The molecule has 1 atom stereocenters. The van der Waals surface area contributed by atoms with E-state index in [2.05, 4.69) is 15.9 Å². The van der Waals surface area contributed by atoms with Crippen molar-refractivity contribution in [3.8, 4) is 5.75 Å². The Bertz CT molecular complexity index is 583. The quantitative estimate of drug-likeness (QED) is 0.720. The minimum atomic E-state index is -4.49. The van der Waals surface area contributed by atoms with E-state index in [0.29, 0.717) is 5.75 Å². The molecule has 0 spiro atoms. The zero-order valence-electron chi connectivity index (χ0n) is 10.6. The number of benzene rings is 2. The van der Waals surface area contributed by atoms with Crippen molar-refractivity contribution in [1.29, 1.82) is 0 Å². The maximum atomic E-state index is 13.6. The van der Waals surface area contributed by atoms with E-state index in [4.69, 9.17) is 4.74 Å². The normalized spacial score (nSPS) is 14.7. The van der Waals surface area contributed by atoms with Crippen LogP contribution in [0.25, 0.3) is 0 Å². The second kappa shape index (κ2) is 5.48. The fourth-order valence-corrected chi connectivity index (χ4v) is 2.51. The molecule has 0 saturated heterocycles. The van der Waals surface area contributed by atoms with Gasteiger partial charge in [0.1, 0.15) is 5.75 Å². The third-order valence-corrected chi connectivity index (χ3v) is 4.39. The van der Waals surface area contributed by atoms with Gasteiger partial charge in [0.05, 0.1) is 7.11 Å². The van der Waals surface area contributed by atoms with E-state index < -0.39 is 10.5 Å². The third kappa shape index (κ3) is 2.54. The van der Waals surface area contributed by atoms with E-state index in [1.54, 1.807) is 30.3 Å². The minimum Gasteiger partial charge on any atom is -0.497 e. The molecule has 2 rings (SSSR count). The van der Waals surface area contributed by atoms with Gasteiger partial charge >= 0.3 is 6.18 Å². The summed E-state index contributed by atoms with van der Waals surface area (Å²) >= 11 is 2.91. The summed E-state index contributed by atoms with van der Waals surface area (Å²) in [6.07, 6.45) is -4.49. The zero-order valence-corrected chi connectivity index (χ0v) is 12.2. The van der Waals surface area contributed by atoms with Crippen molar-refractivity contribution in [3.05, 3.63) is 65.7 Å². The summed E-state index contributed by atoms with van der Waals surface area (Å²) in [7, 11) is 1.42. The van der Waals surface area contributed by atoms with Gasteiger partial charge in [0.15, 0.2) is 4.32 Å². The molecule has 1 nitrogen and oxygen atoms in total. The summed E-state index contributed by atoms with van der Waals surface area (Å²) in [4.78, 5) is 0. The molecule has 0 aromatic heterocycles. The zero-order chi connectivity index (χ0) is 14.8. The lowest BCUT2D eigenvalue weighted by Gasteiger charge is -2.31. The van der Waals surface area contributed by atoms with Crippen LogP contribution in [0.4, 0.5) is 13.2 Å². The Balaban J connectivity index is 2.64. The van der Waals surface area contributed by atoms with Crippen molar-refractivity contribution in [3.63, 3.8) is 0 Å². The summed E-state index contributed by atoms with van der Waals surface area (Å²) in [6.45, 7) is 0. The molecule has 0 amide bonds. The number of alkyl halides is 4. The van der Waals surface area contributed by atoms with E-state index in [1.807, 2.05) is 0 Å². The molecule has 106 valence electrons. The maximum absolute atomic E-state index is 13.6. The minimum absolute atomic E-state index is 0.0792. The molecular weight excluding hydrogens is 333 g/mol. The third-order valence-electron chi connectivity index (χ3n) is 3.03. The molecule has 0 bridgehead atoms. The highest BCUT2D eigenvalue weighted by Crippen LogP contribution is 2.51. The van der Waals surface area contributed by atoms with Crippen LogP contribution in [-0.4, -0.2) is 13.3 Å². The van der Waals surface area contributed by atoms with Gasteiger partial charge in [-0.05, 0) is 23.3 Å². The summed E-state index contributed by atoms with van der Waals surface area (Å²) in [5.41, 5.74) is 0.205. The van der Waals surface area contributed by atoms with Crippen LogP contribution < -0.4 is 4.74 Å². The van der Waals surface area contributed by atoms with E-state index in [0.717, 1.165) is 0 Å². The van der Waals surface area contributed by atoms with Crippen molar-refractivity contribution in [2.24, 2.45) is 0 Å². The van der Waals surface area contributed by atoms with E-state index in [-0.39, 0.29) is 11.1 Å². The van der Waals surface area contributed by atoms with Gasteiger partial charge in [0.2, 0.25) is 0 Å². The molecule has 2 aromatic rings. The monoisotopic (exact) mass is 344 g/mol. The fourth-order valence-electron chi connectivity index (χ4n) is 2.00. The van der Waals surface area contributed by atoms with Crippen LogP contribution in [0.15, 0.2) is 54.6 Å². The molecule has 0 aliphatic heterocycles. The average molecular weight is 345 g/mol. The van der Waals surface area contributed by atoms with E-state index in [9.17, 15) is 13.2 Å². The second-order valence-corrected chi connectivity index (χ2v) is 5.44. The van der Waals surface area contributed by atoms with Gasteiger partial charge in [-0.2, -0.15) is 13.2 Å². The molecule has 5 heteroatoms. The van der Waals surface area contributed by atoms with E-state index >= 15 is 0 Å². The van der Waals surface area contributed by atoms with Crippen LogP contribution in [0, 0.1) is 0 Å². The highest BCUT2D eigenvalue weighted by atomic mass is 79.9. The Labute approximate surface area is 123 Å². The Morgan fingerprint density at radius 3 is 2.05 bits per heavy atom. The molecular formula is C15H12BrF3O. The first-order chi connectivity index (χ1) is 9.39. The number of methoxy groups -OCH3 is 1. The van der Waals surface area contributed by atoms with Crippen molar-refractivity contribution in [1.82, 2.24) is 0 Å². The SMILES string of the molecule is COc1cccc(C(Br)(c2ccccc2)C(F)(F)F)c1. The fraction of sp³-hybridized carbons (Fsp3) is 0.200. The van der Waals surface area contributed by atoms with Gasteiger partial charge < -0.3 is 4.74 Å². The van der Waals surface area contributed by atoms with Gasteiger partial charge in [-0.3, -0.25) is 0 Å². The number of hydrogen-bond donors (Lipinski definition) is 0. The van der Waals surface area contributed by atoms with Gasteiger partial charge in [-0.15, -0.1) is 0 Å². The van der Waals surface area contributed by atoms with E-state index in [1.165, 1.54) is 31.4 Å². The van der Waals surface area contributed by atoms with Crippen molar-refractivity contribution >= 4 is 15.9 Å². The van der Waals surface area contributed by atoms with Gasteiger partial charge in [-0.1, -0.05) is 58.4 Å². The molecule has 0 fully saturated rings. The maximum Gasteiger partial charge on any atom is 0.411 e. The summed E-state index contributed by atoms with van der Waals surface area (Å²) in [5.74, 6) is 0.381. The Hall–Kier alpha value is -1.49. The second-order valence-electron chi connectivity index (χ2n) is 4.25. The molecule has 0 aliphatic rings. The van der Waals surface area contributed by atoms with Crippen LogP contribution in [-0.2, 0) is 4.32 Å². The van der Waals surface area contributed by atoms with Gasteiger partial charge in [-0.25, -0.2) is 0 Å². The average Bonchev–Trinajstić information content (AvgIpc) is 2.46. The molecule has 20 heavy (non-hydrogen) atoms. The number of rotatable bonds is 3. The molecule has 2 aromatic carbocycles. The smallest absolute Gasteiger partial charge is 0.411 e. The lowest BCUT2D eigenvalue weighted by atomic mass is 9.90. The summed E-state index contributed by atoms with van der Waals surface area (Å²) in [6, 6.07) is 13.7. The largest absolute Gasteiger partial charge is 0.497 e. The highest BCUT2D eigenvalue weighted by molar-refractivity contribution is 9.09. The first-order valence-electron chi connectivity index (χ1n) is 5.85. The lowest BCUT2D eigenvalue weighted by molar-refractivity contribution is -0.149. The summed E-state index contributed by atoms with van der Waals surface area (Å²) in [5, 5.41) is 0. The molecule has 0 saturated carbocycles. The summed E-state index contributed by atoms with van der Waals surface area (Å²) < 4.78 is 43.6. The standard InChI is InChI=1S/C15H12BrF3O/c1-20-13-9-5-8-12(10-13)14(16,15(17,18)19)11-6-3-2-4-7-11/h2-10H,1H3. The topological polar surface area (TPSA) is 9.23 Å². The van der Waals surface area contributed by atoms with Crippen molar-refractivity contribution < 1.29 is 17.9 Å². The number of halogens is 4. The first-order valence-corrected chi connectivity index (χ1v) is 6.64. The van der Waals surface area contributed by atoms with Crippen molar-refractivity contribution in [2.45, 2.75) is 10.5 Å². The highest BCUT2D eigenvalue weighted by Gasteiger charge is 2.55. The molecule has 0 radical (unpaired) electrons. The predicted octanol–water partition coefficient (Wildman–Crippen LogP) is 4.90. The Morgan fingerprint density at radius 1 is 0.900 bits per heavy atom. The first kappa shape index (κ1) is 14.9. The van der Waals surface area contributed by atoms with Crippen LogP contribution in [0.5, 0.6) is 5.75 Å². The number of ether oxygens (including phenoxy) is 1. The molecule has 0 heterocycles. The predicted molar refractivity (Wildman–Crippen MR) is 75.2 cm³/mol. The van der Waals surface area contributed by atoms with Gasteiger partial charge in [0, 0.05) is 0 Å². The van der Waals surface area contributed by atoms with Crippen LogP contribution >= 0.6 is 15.9 Å². The van der Waals surface area contributed by atoms with Crippen LogP contribution in [0.1, 0.15) is 11.1 Å². The lowest BCUT2D eigenvalue weighted by Crippen LogP contribution is -2.37. The Morgan fingerprint density at radius 2 is 1.50 bits per heavy atom.